The number of carbonyl (C=O) groups is 1. The standard InChI is InChI=1S/C13H19NO3/c1-2-3-9-17-14-12(13(15)16)10-11-7-5-4-6-8-11/h4-8,12,14H,2-3,9-10H2,1H3,(H,15,16). The minimum absolute atomic E-state index is 0.419. The number of unbranched alkanes of at least 4 members (excludes halogenated alkanes) is 1. The summed E-state index contributed by atoms with van der Waals surface area (Å²) in [5.41, 5.74) is 3.58. The summed E-state index contributed by atoms with van der Waals surface area (Å²) in [7, 11) is 0. The van der Waals surface area contributed by atoms with Crippen LogP contribution in [0.25, 0.3) is 0 Å². The van der Waals surface area contributed by atoms with Crippen LogP contribution in [-0.4, -0.2) is 23.7 Å². The van der Waals surface area contributed by atoms with E-state index in [1.165, 1.54) is 0 Å². The smallest absolute Gasteiger partial charge is 0.323 e. The lowest BCUT2D eigenvalue weighted by atomic mass is 10.1. The summed E-state index contributed by atoms with van der Waals surface area (Å²) < 4.78 is 0. The number of hydrogen-bond acceptors (Lipinski definition) is 3. The number of hydroxylamine groups is 1. The normalized spacial score (nSPS) is 12.3. The molecule has 1 aromatic carbocycles. The van der Waals surface area contributed by atoms with Gasteiger partial charge in [-0.2, -0.15) is 5.48 Å². The second kappa shape index (κ2) is 7.81. The molecular weight excluding hydrogens is 218 g/mol. The molecule has 0 aliphatic carbocycles. The van der Waals surface area contributed by atoms with E-state index in [1.807, 2.05) is 30.3 Å². The number of aliphatic carboxylic acids is 1. The van der Waals surface area contributed by atoms with Crippen LogP contribution in [-0.2, 0) is 16.1 Å². The van der Waals surface area contributed by atoms with E-state index in [9.17, 15) is 4.79 Å². The highest BCUT2D eigenvalue weighted by molar-refractivity contribution is 5.73. The molecule has 0 aliphatic rings. The molecule has 17 heavy (non-hydrogen) atoms. The Morgan fingerprint density at radius 3 is 2.71 bits per heavy atom. The minimum atomic E-state index is -0.898. The number of carboxylic acid groups (broad SMARTS) is 1. The topological polar surface area (TPSA) is 58.6 Å². The van der Waals surface area contributed by atoms with Crippen molar-refractivity contribution in [2.75, 3.05) is 6.61 Å². The fraction of sp³-hybridized carbons (Fsp3) is 0.462. The predicted octanol–water partition coefficient (Wildman–Crippen LogP) is 2.00. The predicted molar refractivity (Wildman–Crippen MR) is 65.6 cm³/mol. The number of carboxylic acids is 1. The number of nitrogens with one attached hydrogen (secondary N) is 1. The van der Waals surface area contributed by atoms with E-state index in [-0.39, 0.29) is 0 Å². The Balaban J connectivity index is 2.41. The third-order valence-corrected chi connectivity index (χ3v) is 2.41. The van der Waals surface area contributed by atoms with Crippen LogP contribution in [0.4, 0.5) is 0 Å². The van der Waals surface area contributed by atoms with E-state index in [2.05, 4.69) is 12.4 Å². The molecule has 0 radical (unpaired) electrons. The fourth-order valence-electron chi connectivity index (χ4n) is 1.41. The van der Waals surface area contributed by atoms with Gasteiger partial charge in [0.05, 0.1) is 6.61 Å². The second-order valence-electron chi connectivity index (χ2n) is 3.90. The lowest BCUT2D eigenvalue weighted by Crippen LogP contribution is -2.38. The molecule has 1 aromatic rings. The molecular formula is C13H19NO3. The van der Waals surface area contributed by atoms with E-state index < -0.39 is 12.0 Å². The Morgan fingerprint density at radius 1 is 1.41 bits per heavy atom. The van der Waals surface area contributed by atoms with E-state index in [0.29, 0.717) is 13.0 Å². The highest BCUT2D eigenvalue weighted by Gasteiger charge is 2.17. The van der Waals surface area contributed by atoms with Gasteiger partial charge >= 0.3 is 5.97 Å². The van der Waals surface area contributed by atoms with Gasteiger partial charge in [-0.3, -0.25) is 4.79 Å². The zero-order valence-corrected chi connectivity index (χ0v) is 10.1. The van der Waals surface area contributed by atoms with Crippen LogP contribution in [0.5, 0.6) is 0 Å². The van der Waals surface area contributed by atoms with Crippen LogP contribution in [0.2, 0.25) is 0 Å². The molecule has 94 valence electrons. The lowest BCUT2D eigenvalue weighted by molar-refractivity contribution is -0.144. The average Bonchev–Trinajstić information content (AvgIpc) is 2.34. The van der Waals surface area contributed by atoms with Gasteiger partial charge in [-0.15, -0.1) is 0 Å². The van der Waals surface area contributed by atoms with Crippen molar-refractivity contribution in [3.05, 3.63) is 35.9 Å². The van der Waals surface area contributed by atoms with Crippen molar-refractivity contribution >= 4 is 5.97 Å². The van der Waals surface area contributed by atoms with Gasteiger partial charge in [-0.25, -0.2) is 0 Å². The van der Waals surface area contributed by atoms with Gasteiger partial charge in [-0.1, -0.05) is 43.7 Å². The van der Waals surface area contributed by atoms with Crippen molar-refractivity contribution < 1.29 is 14.7 Å². The van der Waals surface area contributed by atoms with Crippen LogP contribution >= 0.6 is 0 Å². The summed E-state index contributed by atoms with van der Waals surface area (Å²) in [6.45, 7) is 2.59. The third-order valence-electron chi connectivity index (χ3n) is 2.41. The molecule has 0 aromatic heterocycles. The molecule has 2 N–H and O–H groups in total. The van der Waals surface area contributed by atoms with Crippen molar-refractivity contribution in [2.45, 2.75) is 32.2 Å². The number of benzene rings is 1. The minimum Gasteiger partial charge on any atom is -0.480 e. The van der Waals surface area contributed by atoms with E-state index in [0.717, 1.165) is 18.4 Å². The Labute approximate surface area is 102 Å². The number of rotatable bonds is 8. The molecule has 0 saturated carbocycles. The quantitative estimate of drug-likeness (QED) is 0.536. The fourth-order valence-corrected chi connectivity index (χ4v) is 1.41. The molecule has 1 atom stereocenters. The van der Waals surface area contributed by atoms with Crippen molar-refractivity contribution in [1.82, 2.24) is 5.48 Å². The van der Waals surface area contributed by atoms with Crippen molar-refractivity contribution in [2.24, 2.45) is 0 Å². The highest BCUT2D eigenvalue weighted by atomic mass is 16.6. The van der Waals surface area contributed by atoms with Gasteiger partial charge in [0, 0.05) is 6.42 Å². The molecule has 0 bridgehead atoms. The molecule has 4 heteroatoms. The molecule has 0 amide bonds. The largest absolute Gasteiger partial charge is 0.480 e. The van der Waals surface area contributed by atoms with E-state index in [1.54, 1.807) is 0 Å². The van der Waals surface area contributed by atoms with Crippen LogP contribution in [0.1, 0.15) is 25.3 Å². The van der Waals surface area contributed by atoms with Crippen LogP contribution in [0.15, 0.2) is 30.3 Å². The Bertz CT molecular complexity index is 327. The second-order valence-corrected chi connectivity index (χ2v) is 3.90. The Hall–Kier alpha value is -1.39. The van der Waals surface area contributed by atoms with E-state index >= 15 is 0 Å². The van der Waals surface area contributed by atoms with Gasteiger partial charge in [0.1, 0.15) is 6.04 Å². The first-order valence-electron chi connectivity index (χ1n) is 5.88. The summed E-state index contributed by atoms with van der Waals surface area (Å²) >= 11 is 0. The van der Waals surface area contributed by atoms with Crippen LogP contribution < -0.4 is 5.48 Å². The van der Waals surface area contributed by atoms with Crippen molar-refractivity contribution in [3.63, 3.8) is 0 Å². The first kappa shape index (κ1) is 13.7. The molecule has 1 rings (SSSR count). The SMILES string of the molecule is CCCCONC(Cc1ccccc1)C(=O)O. The monoisotopic (exact) mass is 237 g/mol. The van der Waals surface area contributed by atoms with Crippen LogP contribution in [0.3, 0.4) is 0 Å². The van der Waals surface area contributed by atoms with Gasteiger partial charge < -0.3 is 9.94 Å². The molecule has 1 unspecified atom stereocenters. The zero-order valence-electron chi connectivity index (χ0n) is 10.1. The lowest BCUT2D eigenvalue weighted by Gasteiger charge is -2.14. The number of hydrogen-bond donors (Lipinski definition) is 2. The van der Waals surface area contributed by atoms with Crippen molar-refractivity contribution in [3.8, 4) is 0 Å². The first-order valence-corrected chi connectivity index (χ1v) is 5.88. The summed E-state index contributed by atoms with van der Waals surface area (Å²) in [6, 6.07) is 8.81. The maximum absolute atomic E-state index is 11.0. The zero-order chi connectivity index (χ0) is 12.5. The average molecular weight is 237 g/mol. The maximum Gasteiger partial charge on any atom is 0.323 e. The molecule has 0 aliphatic heterocycles. The first-order chi connectivity index (χ1) is 8.24. The third kappa shape index (κ3) is 5.47. The van der Waals surface area contributed by atoms with Crippen molar-refractivity contribution in [1.29, 1.82) is 0 Å². The molecule has 0 heterocycles. The Kier molecular flexibility index (Phi) is 6.29. The highest BCUT2D eigenvalue weighted by Crippen LogP contribution is 2.03. The summed E-state index contributed by atoms with van der Waals surface area (Å²) in [5.74, 6) is -0.898. The summed E-state index contributed by atoms with van der Waals surface area (Å²) in [6.07, 6.45) is 2.37. The molecule has 4 nitrogen and oxygen atoms in total. The molecule has 0 fully saturated rings. The van der Waals surface area contributed by atoms with Gasteiger partial charge in [0.25, 0.3) is 0 Å². The van der Waals surface area contributed by atoms with Gasteiger partial charge in [-0.05, 0) is 12.0 Å². The van der Waals surface area contributed by atoms with Gasteiger partial charge in [0.2, 0.25) is 0 Å². The van der Waals surface area contributed by atoms with E-state index in [4.69, 9.17) is 9.94 Å². The van der Waals surface area contributed by atoms with Crippen LogP contribution in [0, 0.1) is 0 Å². The summed E-state index contributed by atoms with van der Waals surface area (Å²) in [4.78, 5) is 16.2. The van der Waals surface area contributed by atoms with Gasteiger partial charge in [0.15, 0.2) is 0 Å². The Morgan fingerprint density at radius 2 is 2.12 bits per heavy atom. The molecule has 0 saturated heterocycles. The maximum atomic E-state index is 11.0. The molecule has 0 spiro atoms. The summed E-state index contributed by atoms with van der Waals surface area (Å²) in [5, 5.41) is 9.05.